The van der Waals surface area contributed by atoms with Crippen LogP contribution in [-0.2, 0) is 0 Å². The number of alkyl halides is 2. The second-order valence-electron chi connectivity index (χ2n) is 8.21. The van der Waals surface area contributed by atoms with Gasteiger partial charge in [0.1, 0.15) is 17.7 Å². The standard InChI is InChI=1S/C23H20F2N8O4/c24-20(25)19-17(12-33(29-19)15-3-1-14(13-34)2-4-15)27-22(35)16-11-26-32-6-5-18(28-21(16)32)30-7-9-31(10-8-30)23(36)37/h1-6,11-13,20H,7-10H2,(H,27,35)(H,36,37). The maximum Gasteiger partial charge on any atom is 0.407 e. The molecule has 4 aromatic rings. The molecule has 0 bridgehead atoms. The van der Waals surface area contributed by atoms with E-state index in [2.05, 4.69) is 20.5 Å². The first kappa shape index (κ1) is 23.8. The number of halogens is 2. The minimum Gasteiger partial charge on any atom is -0.465 e. The molecule has 0 atom stereocenters. The molecule has 0 saturated carbocycles. The van der Waals surface area contributed by atoms with Crippen LogP contribution in [0.4, 0.5) is 25.1 Å². The van der Waals surface area contributed by atoms with Gasteiger partial charge in [-0.15, -0.1) is 0 Å². The Morgan fingerprint density at radius 1 is 1.08 bits per heavy atom. The van der Waals surface area contributed by atoms with Crippen molar-refractivity contribution in [2.75, 3.05) is 36.4 Å². The molecule has 190 valence electrons. The Kier molecular flexibility index (Phi) is 6.21. The molecule has 0 radical (unpaired) electrons. The van der Waals surface area contributed by atoms with Crippen LogP contribution in [0.5, 0.6) is 0 Å². The normalized spacial score (nSPS) is 13.8. The van der Waals surface area contributed by atoms with Crippen LogP contribution in [0.1, 0.15) is 32.8 Å². The van der Waals surface area contributed by atoms with Gasteiger partial charge in [-0.3, -0.25) is 9.59 Å². The Bertz CT molecular complexity index is 1480. The van der Waals surface area contributed by atoms with E-state index in [1.165, 1.54) is 38.6 Å². The fraction of sp³-hybridized carbons (Fsp3) is 0.217. The summed E-state index contributed by atoms with van der Waals surface area (Å²) in [6.07, 6.45) is 0.889. The summed E-state index contributed by atoms with van der Waals surface area (Å²) in [6.45, 7) is 1.48. The van der Waals surface area contributed by atoms with E-state index < -0.39 is 24.1 Å². The first-order valence-corrected chi connectivity index (χ1v) is 11.2. The average Bonchev–Trinajstić information content (AvgIpc) is 3.53. The number of aldehydes is 1. The maximum atomic E-state index is 13.7. The van der Waals surface area contributed by atoms with Crippen LogP contribution in [0, 0.1) is 0 Å². The van der Waals surface area contributed by atoms with Gasteiger partial charge >= 0.3 is 6.09 Å². The van der Waals surface area contributed by atoms with E-state index in [0.29, 0.717) is 49.5 Å². The van der Waals surface area contributed by atoms with E-state index in [4.69, 9.17) is 5.11 Å². The number of rotatable bonds is 6. The van der Waals surface area contributed by atoms with Gasteiger partial charge in [-0.1, -0.05) is 0 Å². The van der Waals surface area contributed by atoms with E-state index in [0.717, 1.165) is 0 Å². The number of hydrogen-bond donors (Lipinski definition) is 2. The van der Waals surface area contributed by atoms with Crippen molar-refractivity contribution in [1.82, 2.24) is 29.3 Å². The highest BCUT2D eigenvalue weighted by atomic mass is 19.3. The molecule has 0 spiro atoms. The Morgan fingerprint density at radius 2 is 1.81 bits per heavy atom. The molecule has 2 amide bonds. The van der Waals surface area contributed by atoms with Gasteiger partial charge in [0, 0.05) is 37.9 Å². The lowest BCUT2D eigenvalue weighted by molar-refractivity contribution is 0.102. The van der Waals surface area contributed by atoms with Crippen molar-refractivity contribution < 1.29 is 28.3 Å². The minimum absolute atomic E-state index is 0.0642. The zero-order valence-corrected chi connectivity index (χ0v) is 19.2. The average molecular weight is 510 g/mol. The number of carboxylic acid groups (broad SMARTS) is 1. The third-order valence-corrected chi connectivity index (χ3v) is 5.96. The zero-order chi connectivity index (χ0) is 26.1. The molecule has 3 aromatic heterocycles. The predicted molar refractivity (Wildman–Crippen MR) is 127 cm³/mol. The van der Waals surface area contributed by atoms with Gasteiger partial charge in [-0.25, -0.2) is 27.8 Å². The number of anilines is 2. The molecule has 1 fully saturated rings. The lowest BCUT2D eigenvalue weighted by Gasteiger charge is -2.33. The molecular weight excluding hydrogens is 490 g/mol. The second kappa shape index (κ2) is 9.64. The summed E-state index contributed by atoms with van der Waals surface area (Å²) < 4.78 is 30.0. The number of benzene rings is 1. The summed E-state index contributed by atoms with van der Waals surface area (Å²) >= 11 is 0. The summed E-state index contributed by atoms with van der Waals surface area (Å²) in [5, 5.41) is 19.6. The highest BCUT2D eigenvalue weighted by Crippen LogP contribution is 2.28. The van der Waals surface area contributed by atoms with Gasteiger partial charge in [0.15, 0.2) is 11.3 Å². The topological polar surface area (TPSA) is 138 Å². The van der Waals surface area contributed by atoms with E-state index in [-0.39, 0.29) is 16.9 Å². The largest absolute Gasteiger partial charge is 0.465 e. The summed E-state index contributed by atoms with van der Waals surface area (Å²) in [5.74, 6) is -0.167. The fourth-order valence-electron chi connectivity index (χ4n) is 3.99. The van der Waals surface area contributed by atoms with Crippen LogP contribution in [-0.4, -0.2) is 78.9 Å². The van der Waals surface area contributed by atoms with Crippen LogP contribution in [0.15, 0.2) is 48.9 Å². The van der Waals surface area contributed by atoms with Crippen LogP contribution in [0.3, 0.4) is 0 Å². The quantitative estimate of drug-likeness (QED) is 0.378. The Labute approximate surface area is 207 Å². The number of carbonyl (C=O) groups excluding carboxylic acids is 2. The van der Waals surface area contributed by atoms with Crippen molar-refractivity contribution in [3.05, 3.63) is 65.7 Å². The van der Waals surface area contributed by atoms with Crippen LogP contribution >= 0.6 is 0 Å². The molecular formula is C23H20F2N8O4. The summed E-state index contributed by atoms with van der Waals surface area (Å²) in [6, 6.07) is 7.84. The highest BCUT2D eigenvalue weighted by Gasteiger charge is 2.25. The molecule has 1 aliphatic rings. The van der Waals surface area contributed by atoms with Crippen molar-refractivity contribution >= 4 is 35.4 Å². The zero-order valence-electron chi connectivity index (χ0n) is 19.2. The Hall–Kier alpha value is -4.88. The van der Waals surface area contributed by atoms with Gasteiger partial charge in [-0.05, 0) is 30.3 Å². The molecule has 4 heterocycles. The number of aromatic nitrogens is 5. The monoisotopic (exact) mass is 510 g/mol. The van der Waals surface area contributed by atoms with Gasteiger partial charge < -0.3 is 20.2 Å². The highest BCUT2D eigenvalue weighted by molar-refractivity contribution is 6.08. The number of fused-ring (bicyclic) bond motifs is 1. The third kappa shape index (κ3) is 4.68. The predicted octanol–water partition coefficient (Wildman–Crippen LogP) is 2.72. The van der Waals surface area contributed by atoms with Gasteiger partial charge in [0.05, 0.1) is 23.8 Å². The molecule has 0 aliphatic carbocycles. The van der Waals surface area contributed by atoms with E-state index in [1.54, 1.807) is 24.4 Å². The molecule has 0 unspecified atom stereocenters. The van der Waals surface area contributed by atoms with Crippen LogP contribution < -0.4 is 10.2 Å². The first-order chi connectivity index (χ1) is 17.8. The van der Waals surface area contributed by atoms with Gasteiger partial charge in [0.2, 0.25) is 0 Å². The molecule has 37 heavy (non-hydrogen) atoms. The summed E-state index contributed by atoms with van der Waals surface area (Å²) in [5.41, 5.74) is 0.329. The smallest absolute Gasteiger partial charge is 0.407 e. The first-order valence-electron chi connectivity index (χ1n) is 11.2. The van der Waals surface area contributed by atoms with Crippen molar-refractivity contribution in [2.45, 2.75) is 6.43 Å². The van der Waals surface area contributed by atoms with Crippen molar-refractivity contribution in [3.8, 4) is 5.69 Å². The lowest BCUT2D eigenvalue weighted by Crippen LogP contribution is -2.48. The maximum absolute atomic E-state index is 13.7. The number of carbonyl (C=O) groups is 3. The van der Waals surface area contributed by atoms with E-state index in [9.17, 15) is 23.2 Å². The van der Waals surface area contributed by atoms with Crippen LogP contribution in [0.25, 0.3) is 11.3 Å². The van der Waals surface area contributed by atoms with Gasteiger partial charge in [-0.2, -0.15) is 10.2 Å². The number of nitrogens with one attached hydrogen (secondary N) is 1. The number of amides is 2. The molecule has 1 saturated heterocycles. The molecule has 12 nitrogen and oxygen atoms in total. The fourth-order valence-corrected chi connectivity index (χ4v) is 3.99. The molecule has 1 aliphatic heterocycles. The lowest BCUT2D eigenvalue weighted by atomic mass is 10.2. The minimum atomic E-state index is -2.95. The molecule has 1 aromatic carbocycles. The number of nitrogens with zero attached hydrogens (tertiary/aromatic N) is 7. The van der Waals surface area contributed by atoms with Gasteiger partial charge in [0.25, 0.3) is 12.3 Å². The third-order valence-electron chi connectivity index (χ3n) is 5.96. The number of hydrogen-bond acceptors (Lipinski definition) is 7. The van der Waals surface area contributed by atoms with Crippen molar-refractivity contribution in [1.29, 1.82) is 0 Å². The second-order valence-corrected chi connectivity index (χ2v) is 8.21. The molecule has 14 heteroatoms. The van der Waals surface area contributed by atoms with Crippen molar-refractivity contribution in [3.63, 3.8) is 0 Å². The Morgan fingerprint density at radius 3 is 2.46 bits per heavy atom. The summed E-state index contributed by atoms with van der Waals surface area (Å²) in [4.78, 5) is 42.8. The SMILES string of the molecule is O=Cc1ccc(-n2cc(NC(=O)c3cnn4ccc(N5CCN(C(=O)O)CC5)nc34)c(C(F)F)n2)cc1. The number of piperazine rings is 1. The Balaban J connectivity index is 1.40. The summed E-state index contributed by atoms with van der Waals surface area (Å²) in [7, 11) is 0. The molecule has 2 N–H and O–H groups in total. The van der Waals surface area contributed by atoms with Crippen molar-refractivity contribution in [2.24, 2.45) is 0 Å². The molecule has 5 rings (SSSR count). The van der Waals surface area contributed by atoms with Crippen LogP contribution in [0.2, 0.25) is 0 Å². The van der Waals surface area contributed by atoms with E-state index in [1.807, 2.05) is 4.90 Å². The van der Waals surface area contributed by atoms with E-state index >= 15 is 0 Å².